The van der Waals surface area contributed by atoms with Crippen LogP contribution < -0.4 is 22.5 Å². The van der Waals surface area contributed by atoms with Gasteiger partial charge in [-0.05, 0) is 31.2 Å². The summed E-state index contributed by atoms with van der Waals surface area (Å²) in [5.74, 6) is -0.626. The number of nitrogens with two attached hydrogens (primary N) is 3. The molecule has 0 atom stereocenters. The Morgan fingerprint density at radius 1 is 1.00 bits per heavy atom. The molecule has 2 aromatic rings. The quantitative estimate of drug-likeness (QED) is 0.504. The minimum atomic E-state index is -0.300. The van der Waals surface area contributed by atoms with E-state index in [0.717, 1.165) is 5.56 Å². The molecule has 0 spiro atoms. The lowest BCUT2D eigenvalue weighted by Crippen LogP contribution is -2.26. The van der Waals surface area contributed by atoms with Crippen molar-refractivity contribution in [1.29, 1.82) is 0 Å². The summed E-state index contributed by atoms with van der Waals surface area (Å²) in [6, 6.07) is 14.3. The molecule has 0 saturated heterocycles. The number of para-hydroxylation sites is 1. The zero-order valence-corrected chi connectivity index (χ0v) is 12.7. The molecule has 2 aromatic carbocycles. The van der Waals surface area contributed by atoms with Crippen LogP contribution in [0.5, 0.6) is 0 Å². The Labute approximate surface area is 133 Å². The van der Waals surface area contributed by atoms with Crippen molar-refractivity contribution >= 4 is 29.2 Å². The number of hydrogen-bond donors (Lipinski definition) is 4. The first kappa shape index (κ1) is 16.0. The van der Waals surface area contributed by atoms with Gasteiger partial charge in [0.05, 0.1) is 11.3 Å². The van der Waals surface area contributed by atoms with Gasteiger partial charge in [-0.15, -0.1) is 0 Å². The fourth-order valence-corrected chi connectivity index (χ4v) is 1.88. The Kier molecular flexibility index (Phi) is 4.93. The molecule has 0 aliphatic rings. The highest BCUT2D eigenvalue weighted by Crippen LogP contribution is 2.20. The first-order valence-corrected chi connectivity index (χ1v) is 6.86. The number of aryl methyl sites for hydroxylation is 1. The zero-order valence-electron chi connectivity index (χ0n) is 12.7. The fourth-order valence-electron chi connectivity index (χ4n) is 1.88. The van der Waals surface area contributed by atoms with Crippen molar-refractivity contribution in [3.05, 3.63) is 59.7 Å². The molecule has 23 heavy (non-hydrogen) atoms. The Balaban J connectivity index is 2.27. The fraction of sp³-hybridized carbons (Fsp3) is 0.0625. The minimum absolute atomic E-state index is 0.124. The number of rotatable bonds is 3. The van der Waals surface area contributed by atoms with Gasteiger partial charge in [0.25, 0.3) is 5.91 Å². The molecular weight excluding hydrogens is 292 g/mol. The third-order valence-corrected chi connectivity index (χ3v) is 2.94. The number of hydrogen-bond acceptors (Lipinski definition) is 2. The lowest BCUT2D eigenvalue weighted by Gasteiger charge is -2.08. The summed E-state index contributed by atoms with van der Waals surface area (Å²) in [6.07, 6.45) is 0. The van der Waals surface area contributed by atoms with E-state index in [9.17, 15) is 4.79 Å². The minimum Gasteiger partial charge on any atom is -0.370 e. The summed E-state index contributed by atoms with van der Waals surface area (Å²) in [5.41, 5.74) is 18.6. The predicted octanol–water partition coefficient (Wildman–Crippen LogP) is 1.47. The summed E-state index contributed by atoms with van der Waals surface area (Å²) < 4.78 is 0. The molecule has 0 aromatic heterocycles. The van der Waals surface area contributed by atoms with Gasteiger partial charge in [0, 0.05) is 5.69 Å². The largest absolute Gasteiger partial charge is 0.370 e. The summed E-state index contributed by atoms with van der Waals surface area (Å²) in [7, 11) is 0. The molecule has 2 rings (SSSR count). The van der Waals surface area contributed by atoms with Crippen molar-refractivity contribution in [2.45, 2.75) is 6.92 Å². The highest BCUT2D eigenvalue weighted by atomic mass is 16.1. The number of carbonyl (C=O) groups is 1. The molecule has 0 aliphatic heterocycles. The Morgan fingerprint density at radius 2 is 1.65 bits per heavy atom. The lowest BCUT2D eigenvalue weighted by molar-refractivity contribution is 0.102. The van der Waals surface area contributed by atoms with Gasteiger partial charge in [-0.25, -0.2) is 4.99 Å². The van der Waals surface area contributed by atoms with E-state index in [1.54, 1.807) is 24.3 Å². The first-order chi connectivity index (χ1) is 11.0. The van der Waals surface area contributed by atoms with Crippen LogP contribution in [-0.2, 0) is 0 Å². The first-order valence-electron chi connectivity index (χ1n) is 6.86. The standard InChI is InChI=1S/C16H18N6O/c1-10-6-8-11(9-7-10)20-14(23)12-4-2-3-5-13(12)21-16(19)22-15(17)18/h2-9H,1H3,(H,20,23)(H6,17,18,19,21,22). The van der Waals surface area contributed by atoms with Gasteiger partial charge in [-0.3, -0.25) is 4.79 Å². The second kappa shape index (κ2) is 7.08. The van der Waals surface area contributed by atoms with E-state index in [2.05, 4.69) is 15.3 Å². The van der Waals surface area contributed by atoms with Crippen LogP contribution in [0, 0.1) is 6.92 Å². The molecule has 7 nitrogen and oxygen atoms in total. The van der Waals surface area contributed by atoms with Crippen molar-refractivity contribution in [3.8, 4) is 0 Å². The number of amides is 1. The molecule has 0 radical (unpaired) electrons. The van der Waals surface area contributed by atoms with Gasteiger partial charge in [0.15, 0.2) is 5.96 Å². The molecule has 0 saturated carbocycles. The molecule has 118 valence electrons. The smallest absolute Gasteiger partial charge is 0.257 e. The molecule has 0 unspecified atom stereocenters. The van der Waals surface area contributed by atoms with E-state index in [4.69, 9.17) is 17.2 Å². The summed E-state index contributed by atoms with van der Waals surface area (Å²) in [5, 5.41) is 2.81. The van der Waals surface area contributed by atoms with E-state index < -0.39 is 0 Å². The molecule has 0 heterocycles. The summed E-state index contributed by atoms with van der Waals surface area (Å²) in [6.45, 7) is 1.97. The van der Waals surface area contributed by atoms with Crippen LogP contribution in [0.1, 0.15) is 15.9 Å². The maximum atomic E-state index is 12.4. The molecule has 7 N–H and O–H groups in total. The Morgan fingerprint density at radius 3 is 2.30 bits per heavy atom. The number of aliphatic imine (C=N–C) groups is 2. The van der Waals surface area contributed by atoms with Crippen LogP contribution in [0.15, 0.2) is 58.5 Å². The van der Waals surface area contributed by atoms with E-state index in [0.29, 0.717) is 16.9 Å². The second-order valence-electron chi connectivity index (χ2n) is 4.84. The Bertz CT molecular complexity index is 760. The summed E-state index contributed by atoms with van der Waals surface area (Å²) in [4.78, 5) is 20.1. The highest BCUT2D eigenvalue weighted by Gasteiger charge is 2.11. The van der Waals surface area contributed by atoms with Gasteiger partial charge in [0.2, 0.25) is 5.96 Å². The van der Waals surface area contributed by atoms with Crippen LogP contribution in [0.3, 0.4) is 0 Å². The van der Waals surface area contributed by atoms with Crippen molar-refractivity contribution in [1.82, 2.24) is 0 Å². The van der Waals surface area contributed by atoms with Gasteiger partial charge >= 0.3 is 0 Å². The average molecular weight is 310 g/mol. The van der Waals surface area contributed by atoms with Crippen LogP contribution in [-0.4, -0.2) is 17.8 Å². The number of anilines is 1. The molecule has 0 aliphatic carbocycles. The molecular formula is C16H18N6O. The molecule has 0 fully saturated rings. The normalized spacial score (nSPS) is 10.9. The predicted molar refractivity (Wildman–Crippen MR) is 92.7 cm³/mol. The third kappa shape index (κ3) is 4.57. The number of benzene rings is 2. The number of nitrogens with one attached hydrogen (secondary N) is 1. The van der Waals surface area contributed by atoms with E-state index in [1.807, 2.05) is 31.2 Å². The van der Waals surface area contributed by atoms with E-state index >= 15 is 0 Å². The topological polar surface area (TPSA) is 132 Å². The SMILES string of the molecule is Cc1ccc(NC(=O)c2ccccc2N=C(N)N=C(N)N)cc1. The van der Waals surface area contributed by atoms with Crippen LogP contribution in [0.2, 0.25) is 0 Å². The van der Waals surface area contributed by atoms with E-state index in [1.165, 1.54) is 0 Å². The van der Waals surface area contributed by atoms with E-state index in [-0.39, 0.29) is 17.8 Å². The molecule has 7 heteroatoms. The van der Waals surface area contributed by atoms with Gasteiger partial charge < -0.3 is 22.5 Å². The zero-order chi connectivity index (χ0) is 16.8. The number of nitrogens with zero attached hydrogens (tertiary/aromatic N) is 2. The van der Waals surface area contributed by atoms with Gasteiger partial charge in [-0.1, -0.05) is 29.8 Å². The maximum Gasteiger partial charge on any atom is 0.257 e. The lowest BCUT2D eigenvalue weighted by atomic mass is 10.1. The maximum absolute atomic E-state index is 12.4. The van der Waals surface area contributed by atoms with Crippen molar-refractivity contribution < 1.29 is 4.79 Å². The van der Waals surface area contributed by atoms with Crippen molar-refractivity contribution in [2.75, 3.05) is 5.32 Å². The van der Waals surface area contributed by atoms with Gasteiger partial charge in [0.1, 0.15) is 0 Å². The highest BCUT2D eigenvalue weighted by molar-refractivity contribution is 6.08. The van der Waals surface area contributed by atoms with Crippen LogP contribution in [0.4, 0.5) is 11.4 Å². The van der Waals surface area contributed by atoms with Crippen LogP contribution >= 0.6 is 0 Å². The number of guanidine groups is 2. The van der Waals surface area contributed by atoms with Crippen molar-refractivity contribution in [3.63, 3.8) is 0 Å². The summed E-state index contributed by atoms with van der Waals surface area (Å²) >= 11 is 0. The van der Waals surface area contributed by atoms with Crippen molar-refractivity contribution in [2.24, 2.45) is 27.2 Å². The molecule has 1 amide bonds. The monoisotopic (exact) mass is 310 g/mol. The molecule has 0 bridgehead atoms. The Hall–Kier alpha value is -3.35. The van der Waals surface area contributed by atoms with Gasteiger partial charge in [-0.2, -0.15) is 4.99 Å². The number of carbonyl (C=O) groups excluding carboxylic acids is 1. The van der Waals surface area contributed by atoms with Crippen LogP contribution in [0.25, 0.3) is 0 Å². The second-order valence-corrected chi connectivity index (χ2v) is 4.84. The third-order valence-electron chi connectivity index (χ3n) is 2.94. The average Bonchev–Trinajstić information content (AvgIpc) is 2.49.